The predicted molar refractivity (Wildman–Crippen MR) is 78.0 cm³/mol. The zero-order chi connectivity index (χ0) is 13.7. The Hall–Kier alpha value is -1.13. The van der Waals surface area contributed by atoms with Gasteiger partial charge in [0, 0.05) is 30.7 Å². The number of nitrogen functional groups attached to an aromatic ring is 1. The monoisotopic (exact) mass is 263 g/mol. The van der Waals surface area contributed by atoms with Crippen LogP contribution in [0.1, 0.15) is 38.7 Å². The molecule has 106 valence electrons. The Morgan fingerprint density at radius 1 is 1.53 bits per heavy atom. The molecule has 1 aliphatic heterocycles. The van der Waals surface area contributed by atoms with Crippen molar-refractivity contribution >= 4 is 5.69 Å². The molecule has 0 spiro atoms. The van der Waals surface area contributed by atoms with E-state index in [1.165, 1.54) is 12.8 Å². The molecule has 2 unspecified atom stereocenters. The molecule has 0 aromatic carbocycles. The average Bonchev–Trinajstić information content (AvgIpc) is 2.41. The van der Waals surface area contributed by atoms with Crippen LogP contribution in [0, 0.1) is 0 Å². The highest BCUT2D eigenvalue weighted by molar-refractivity contribution is 5.44. The molecule has 0 aliphatic carbocycles. The van der Waals surface area contributed by atoms with Crippen molar-refractivity contribution in [1.82, 2.24) is 10.3 Å². The van der Waals surface area contributed by atoms with Gasteiger partial charge in [0.2, 0.25) is 0 Å². The summed E-state index contributed by atoms with van der Waals surface area (Å²) in [4.78, 5) is 4.18. The van der Waals surface area contributed by atoms with Gasteiger partial charge in [-0.15, -0.1) is 0 Å². The number of nitrogens with zero attached hydrogens (tertiary/aromatic N) is 1. The van der Waals surface area contributed by atoms with Crippen molar-refractivity contribution in [2.24, 2.45) is 0 Å². The molecule has 4 heteroatoms. The van der Waals surface area contributed by atoms with Crippen molar-refractivity contribution in [3.63, 3.8) is 0 Å². The molecule has 19 heavy (non-hydrogen) atoms. The number of pyridine rings is 1. The van der Waals surface area contributed by atoms with Crippen molar-refractivity contribution in [3.8, 4) is 0 Å². The van der Waals surface area contributed by atoms with Gasteiger partial charge in [-0.05, 0) is 50.8 Å². The highest BCUT2D eigenvalue weighted by atomic mass is 16.5. The van der Waals surface area contributed by atoms with Gasteiger partial charge in [-0.3, -0.25) is 4.98 Å². The third-order valence-electron chi connectivity index (χ3n) is 4.05. The van der Waals surface area contributed by atoms with Crippen molar-refractivity contribution in [3.05, 3.63) is 24.0 Å². The van der Waals surface area contributed by atoms with E-state index in [0.29, 0.717) is 0 Å². The number of ether oxygens (including phenoxy) is 1. The van der Waals surface area contributed by atoms with Gasteiger partial charge in [0.05, 0.1) is 5.60 Å². The summed E-state index contributed by atoms with van der Waals surface area (Å²) in [6, 6.07) is 2.15. The van der Waals surface area contributed by atoms with Gasteiger partial charge in [-0.25, -0.2) is 0 Å². The molecule has 3 N–H and O–H groups in total. The summed E-state index contributed by atoms with van der Waals surface area (Å²) in [6.07, 6.45) is 7.98. The second-order valence-electron chi connectivity index (χ2n) is 5.51. The van der Waals surface area contributed by atoms with Gasteiger partial charge in [-0.2, -0.15) is 0 Å². The predicted octanol–water partition coefficient (Wildman–Crippen LogP) is 2.14. The van der Waals surface area contributed by atoms with Gasteiger partial charge >= 0.3 is 0 Å². The minimum Gasteiger partial charge on any atom is -0.398 e. The van der Waals surface area contributed by atoms with Crippen molar-refractivity contribution in [2.75, 3.05) is 18.9 Å². The molecule has 1 fully saturated rings. The van der Waals surface area contributed by atoms with E-state index < -0.39 is 0 Å². The van der Waals surface area contributed by atoms with E-state index in [1.54, 1.807) is 6.20 Å². The summed E-state index contributed by atoms with van der Waals surface area (Å²) in [5.41, 5.74) is 7.85. The smallest absolute Gasteiger partial charge is 0.0810 e. The zero-order valence-electron chi connectivity index (χ0n) is 12.0. The molecular formula is C15H25N3O. The highest BCUT2D eigenvalue weighted by Crippen LogP contribution is 2.30. The van der Waals surface area contributed by atoms with Crippen molar-refractivity contribution in [1.29, 1.82) is 0 Å². The molecular weight excluding hydrogens is 238 g/mol. The first kappa shape index (κ1) is 14.3. The Morgan fingerprint density at radius 3 is 3.00 bits per heavy atom. The van der Waals surface area contributed by atoms with Crippen LogP contribution in [0.15, 0.2) is 18.5 Å². The largest absolute Gasteiger partial charge is 0.398 e. The average molecular weight is 263 g/mol. The Labute approximate surface area is 115 Å². The van der Waals surface area contributed by atoms with Crippen LogP contribution >= 0.6 is 0 Å². The van der Waals surface area contributed by atoms with Crippen molar-refractivity contribution < 1.29 is 4.74 Å². The molecule has 0 amide bonds. The Balaban J connectivity index is 2.13. The number of nitrogens with one attached hydrogen (secondary N) is 1. The molecule has 1 aromatic heterocycles. The minimum atomic E-state index is -0.101. The van der Waals surface area contributed by atoms with Gasteiger partial charge < -0.3 is 15.8 Å². The van der Waals surface area contributed by atoms with E-state index in [0.717, 1.165) is 37.2 Å². The first-order valence-corrected chi connectivity index (χ1v) is 7.21. The first-order valence-electron chi connectivity index (χ1n) is 7.21. The lowest BCUT2D eigenvalue weighted by atomic mass is 9.84. The quantitative estimate of drug-likeness (QED) is 0.854. The number of rotatable bonds is 5. The van der Waals surface area contributed by atoms with Crippen LogP contribution in [-0.4, -0.2) is 29.8 Å². The lowest BCUT2D eigenvalue weighted by Gasteiger charge is -2.41. The SMILES string of the molecule is CCNC(Cc1cnccc1N)C1(C)CCCCO1. The molecule has 0 saturated carbocycles. The Morgan fingerprint density at radius 2 is 2.37 bits per heavy atom. The van der Waals surface area contributed by atoms with E-state index >= 15 is 0 Å². The summed E-state index contributed by atoms with van der Waals surface area (Å²) in [5.74, 6) is 0. The van der Waals surface area contributed by atoms with E-state index in [9.17, 15) is 0 Å². The number of aromatic nitrogens is 1. The van der Waals surface area contributed by atoms with Gasteiger partial charge in [-0.1, -0.05) is 6.92 Å². The summed E-state index contributed by atoms with van der Waals surface area (Å²) in [5, 5.41) is 3.56. The van der Waals surface area contributed by atoms with Crippen LogP contribution < -0.4 is 11.1 Å². The standard InChI is InChI=1S/C15H25N3O/c1-3-18-14(15(2)7-4-5-9-19-15)10-12-11-17-8-6-13(12)16/h6,8,11,14,18H,3-5,7,9-10H2,1-2H3,(H2,16,17). The highest BCUT2D eigenvalue weighted by Gasteiger charge is 2.36. The van der Waals surface area contributed by atoms with Crippen LogP contribution in [0.5, 0.6) is 0 Å². The molecule has 2 atom stereocenters. The second kappa shape index (κ2) is 6.35. The first-order chi connectivity index (χ1) is 9.15. The fraction of sp³-hybridized carbons (Fsp3) is 0.667. The van der Waals surface area contributed by atoms with Crippen LogP contribution in [0.3, 0.4) is 0 Å². The number of likely N-dealkylation sites (N-methyl/N-ethyl adjacent to an activating group) is 1. The van der Waals surface area contributed by atoms with Gasteiger partial charge in [0.15, 0.2) is 0 Å². The lowest BCUT2D eigenvalue weighted by Crippen LogP contribution is -2.53. The summed E-state index contributed by atoms with van der Waals surface area (Å²) >= 11 is 0. The van der Waals surface area contributed by atoms with Gasteiger partial charge in [0.25, 0.3) is 0 Å². The molecule has 2 heterocycles. The van der Waals surface area contributed by atoms with Crippen LogP contribution in [-0.2, 0) is 11.2 Å². The maximum Gasteiger partial charge on any atom is 0.0810 e. The van der Waals surface area contributed by atoms with Crippen LogP contribution in [0.25, 0.3) is 0 Å². The number of anilines is 1. The maximum atomic E-state index is 6.07. The molecule has 1 saturated heterocycles. The maximum absolute atomic E-state index is 6.07. The summed E-state index contributed by atoms with van der Waals surface area (Å²) in [6.45, 7) is 6.14. The van der Waals surface area contributed by atoms with E-state index in [4.69, 9.17) is 10.5 Å². The normalized spacial score (nSPS) is 25.2. The van der Waals surface area contributed by atoms with E-state index in [2.05, 4.69) is 24.1 Å². The minimum absolute atomic E-state index is 0.101. The summed E-state index contributed by atoms with van der Waals surface area (Å²) < 4.78 is 6.07. The zero-order valence-corrected chi connectivity index (χ0v) is 12.0. The number of hydrogen-bond donors (Lipinski definition) is 2. The van der Waals surface area contributed by atoms with E-state index in [1.807, 2.05) is 12.3 Å². The second-order valence-corrected chi connectivity index (χ2v) is 5.51. The summed E-state index contributed by atoms with van der Waals surface area (Å²) in [7, 11) is 0. The number of hydrogen-bond acceptors (Lipinski definition) is 4. The fourth-order valence-electron chi connectivity index (χ4n) is 2.81. The van der Waals surface area contributed by atoms with Crippen LogP contribution in [0.4, 0.5) is 5.69 Å². The fourth-order valence-corrected chi connectivity index (χ4v) is 2.81. The molecule has 1 aromatic rings. The molecule has 4 nitrogen and oxygen atoms in total. The molecule has 0 radical (unpaired) electrons. The van der Waals surface area contributed by atoms with Gasteiger partial charge in [0.1, 0.15) is 0 Å². The molecule has 1 aliphatic rings. The van der Waals surface area contributed by atoms with Crippen molar-refractivity contribution in [2.45, 2.75) is 51.2 Å². The van der Waals surface area contributed by atoms with E-state index in [-0.39, 0.29) is 11.6 Å². The molecule has 2 rings (SSSR count). The molecule has 0 bridgehead atoms. The third-order valence-corrected chi connectivity index (χ3v) is 4.05. The number of nitrogens with two attached hydrogens (primary N) is 1. The lowest BCUT2D eigenvalue weighted by molar-refractivity contribution is -0.0881. The third kappa shape index (κ3) is 3.45. The Kier molecular flexibility index (Phi) is 4.77. The van der Waals surface area contributed by atoms with Crippen LogP contribution in [0.2, 0.25) is 0 Å². The Bertz CT molecular complexity index is 402. The topological polar surface area (TPSA) is 60.2 Å².